The summed E-state index contributed by atoms with van der Waals surface area (Å²) in [5.74, 6) is 0. The number of halogens is 2. The zero-order valence-electron chi connectivity index (χ0n) is 21.4. The van der Waals surface area contributed by atoms with E-state index in [1.54, 1.807) is 0 Å². The Balaban J connectivity index is 1.54. The molecule has 2 unspecified atom stereocenters. The fourth-order valence-corrected chi connectivity index (χ4v) is 32.8. The molecule has 4 aromatic carbocycles. The van der Waals surface area contributed by atoms with Gasteiger partial charge in [0.1, 0.15) is 0 Å². The summed E-state index contributed by atoms with van der Waals surface area (Å²) < 4.78 is 2.31. The Hall–Kier alpha value is -2.32. The summed E-state index contributed by atoms with van der Waals surface area (Å²) in [4.78, 5) is 0. The van der Waals surface area contributed by atoms with Crippen LogP contribution in [0.4, 0.5) is 0 Å². The quantitative estimate of drug-likeness (QED) is 0.187. The van der Waals surface area contributed by atoms with E-state index in [0.29, 0.717) is 0 Å². The summed E-state index contributed by atoms with van der Waals surface area (Å²) in [5, 5.41) is 0. The van der Waals surface area contributed by atoms with Crippen molar-refractivity contribution < 1.29 is 15.7 Å². The van der Waals surface area contributed by atoms with Crippen molar-refractivity contribution in [1.82, 2.24) is 0 Å². The van der Waals surface area contributed by atoms with E-state index < -0.39 is 15.7 Å². The Morgan fingerprint density at radius 1 is 0.568 bits per heavy atom. The second kappa shape index (κ2) is 9.16. The first kappa shape index (κ1) is 25.0. The summed E-state index contributed by atoms with van der Waals surface area (Å²) in [6.07, 6.45) is 4.67. The Bertz CT molecular complexity index is 1540. The Kier molecular flexibility index (Phi) is 6.18. The fourth-order valence-electron chi connectivity index (χ4n) is 6.81. The van der Waals surface area contributed by atoms with Gasteiger partial charge in [0.05, 0.1) is 0 Å². The molecular weight excluding hydrogens is 658 g/mol. The van der Waals surface area contributed by atoms with Crippen LogP contribution in [0.15, 0.2) is 108 Å². The first-order chi connectivity index (χ1) is 17.8. The van der Waals surface area contributed by atoms with Crippen molar-refractivity contribution in [2.45, 2.75) is 28.1 Å². The molecule has 0 radical (unpaired) electrons. The van der Waals surface area contributed by atoms with Crippen molar-refractivity contribution in [3.8, 4) is 22.3 Å². The number of benzene rings is 4. The van der Waals surface area contributed by atoms with Crippen LogP contribution in [0.3, 0.4) is 0 Å². The van der Waals surface area contributed by atoms with E-state index >= 15 is 0 Å². The first-order valence-corrected chi connectivity index (χ1v) is 28.1. The molecule has 37 heavy (non-hydrogen) atoms. The van der Waals surface area contributed by atoms with Crippen LogP contribution < -0.4 is 0 Å². The van der Waals surface area contributed by atoms with E-state index in [1.807, 2.05) is 0 Å². The van der Waals surface area contributed by atoms with Gasteiger partial charge in [0, 0.05) is 0 Å². The zero-order chi connectivity index (χ0) is 25.8. The maximum atomic E-state index is 8.08. The molecule has 2 atom stereocenters. The first-order valence-electron chi connectivity index (χ1n) is 12.9. The van der Waals surface area contributed by atoms with Gasteiger partial charge in [0.25, 0.3) is 0 Å². The van der Waals surface area contributed by atoms with Crippen LogP contribution in [0.1, 0.15) is 50.4 Å². The number of fused-ring (bicyclic) bond motifs is 2. The molecule has 6 rings (SSSR count). The van der Waals surface area contributed by atoms with E-state index in [4.69, 9.17) is 17.2 Å². The number of rotatable bonds is 4. The van der Waals surface area contributed by atoms with Gasteiger partial charge in [0.2, 0.25) is 0 Å². The van der Waals surface area contributed by atoms with Gasteiger partial charge in [0.15, 0.2) is 0 Å². The molecule has 0 saturated heterocycles. The predicted molar refractivity (Wildman–Crippen MR) is 160 cm³/mol. The summed E-state index contributed by atoms with van der Waals surface area (Å²) in [6, 6.07) is 34.5. The Labute approximate surface area is 228 Å². The van der Waals surface area contributed by atoms with Crippen molar-refractivity contribution in [3.63, 3.8) is 0 Å². The van der Waals surface area contributed by atoms with Gasteiger partial charge in [-0.2, -0.15) is 0 Å². The molecule has 0 N–H and O–H groups in total. The Morgan fingerprint density at radius 3 is 1.35 bits per heavy atom. The van der Waals surface area contributed by atoms with E-state index in [0.717, 1.165) is 0 Å². The fraction of sp³-hybridized carbons (Fsp3) is 0.147. The van der Waals surface area contributed by atoms with Gasteiger partial charge in [-0.3, -0.25) is 0 Å². The molecule has 0 nitrogen and oxygen atoms in total. The van der Waals surface area contributed by atoms with E-state index in [2.05, 4.69) is 134 Å². The predicted octanol–water partition coefficient (Wildman–Crippen LogP) is 10.5. The molecule has 0 amide bonds. The van der Waals surface area contributed by atoms with Crippen molar-refractivity contribution in [3.05, 3.63) is 130 Å². The average molecular weight is 688 g/mol. The molecule has 0 spiro atoms. The van der Waals surface area contributed by atoms with E-state index in [9.17, 15) is 0 Å². The van der Waals surface area contributed by atoms with Crippen LogP contribution in [0.2, 0.25) is 0 Å². The number of hydrogen-bond donors (Lipinski definition) is 0. The second-order valence-electron chi connectivity index (χ2n) is 10.5. The molecule has 0 saturated carbocycles. The third kappa shape index (κ3) is 3.85. The number of hydrogen-bond acceptors (Lipinski definition) is 0. The maximum absolute atomic E-state index is 8.08. The molecule has 2 aliphatic rings. The van der Waals surface area contributed by atoms with Gasteiger partial charge < -0.3 is 0 Å². The van der Waals surface area contributed by atoms with Gasteiger partial charge in [-0.1, -0.05) is 0 Å². The molecule has 0 heterocycles. The molecule has 184 valence electrons. The zero-order valence-corrected chi connectivity index (χ0v) is 26.5. The van der Waals surface area contributed by atoms with Crippen molar-refractivity contribution in [2.75, 3.05) is 0 Å². The van der Waals surface area contributed by atoms with Gasteiger partial charge in [-0.25, -0.2) is 0 Å². The monoisotopic (exact) mass is 688 g/mol. The molecule has 0 bridgehead atoms. The molecule has 2 aliphatic carbocycles. The third-order valence-electron chi connectivity index (χ3n) is 8.38. The van der Waals surface area contributed by atoms with Crippen LogP contribution in [-0.4, -0.2) is 3.76 Å². The van der Waals surface area contributed by atoms with Gasteiger partial charge in [-0.15, -0.1) is 0 Å². The van der Waals surface area contributed by atoms with E-state index in [1.165, 1.54) is 55.7 Å². The minimum absolute atomic E-state index is 0.0312. The topological polar surface area (TPSA) is 0 Å². The van der Waals surface area contributed by atoms with Crippen molar-refractivity contribution >= 4 is 33.1 Å². The number of allylic oxidation sites excluding steroid dienone is 2. The molecule has 4 aromatic rings. The van der Waals surface area contributed by atoms with Crippen LogP contribution in [0.25, 0.3) is 34.4 Å². The molecular formula is C34H30Cl2Hf. The third-order valence-corrected chi connectivity index (χ3v) is 36.5. The van der Waals surface area contributed by atoms with Gasteiger partial charge in [-0.05, 0) is 0 Å². The summed E-state index contributed by atoms with van der Waals surface area (Å²) in [7, 11) is 16.2. The van der Waals surface area contributed by atoms with Crippen LogP contribution in [-0.2, 0) is 15.7 Å². The molecule has 0 aromatic heterocycles. The molecule has 0 aliphatic heterocycles. The summed E-state index contributed by atoms with van der Waals surface area (Å²) >= 11 is -4.90. The summed E-state index contributed by atoms with van der Waals surface area (Å²) in [5.41, 5.74) is 12.6. The van der Waals surface area contributed by atoms with Crippen LogP contribution in [0.5, 0.6) is 0 Å². The van der Waals surface area contributed by atoms with Crippen molar-refractivity contribution in [2.24, 2.45) is 0 Å². The molecule has 0 fully saturated rings. The average Bonchev–Trinajstić information content (AvgIpc) is 3.46. The second-order valence-corrected chi connectivity index (χ2v) is 40.9. The SMILES string of the molecule is C[CH]=[Hf]([Cl])([Cl])([CH]1C(C)=Cc2c(-c3ccccc3)cccc21)[CH]1C(C)=Cc2c(-c3ccccc3)cccc21. The van der Waals surface area contributed by atoms with Gasteiger partial charge >= 0.3 is 230 Å². The van der Waals surface area contributed by atoms with Crippen LogP contribution >= 0.6 is 17.2 Å². The Morgan fingerprint density at radius 2 is 0.973 bits per heavy atom. The van der Waals surface area contributed by atoms with Crippen molar-refractivity contribution in [1.29, 1.82) is 0 Å². The van der Waals surface area contributed by atoms with Crippen LogP contribution in [0, 0.1) is 0 Å². The minimum atomic E-state index is -4.90. The standard InChI is InChI=1S/2C16H13.C2H4.2ClH.Hf/c2*1-12-10-14-8-5-9-15(16(14)11-12)13-6-3-2-4-7-13;1-2;;;/h2*2-11H,1H3;1H,2H3;2*1H;/q;;;;;+2/p-2. The molecule has 3 heteroatoms. The normalized spacial score (nSPS) is 18.6. The van der Waals surface area contributed by atoms with E-state index in [-0.39, 0.29) is 7.35 Å². The summed E-state index contributed by atoms with van der Waals surface area (Å²) in [6.45, 7) is 6.55.